The number of aromatic nitrogens is 2. The molecule has 1 aliphatic rings. The summed E-state index contributed by atoms with van der Waals surface area (Å²) in [7, 11) is 0. The van der Waals surface area contributed by atoms with E-state index in [2.05, 4.69) is 15.5 Å². The molecule has 1 aromatic heterocycles. The molecule has 8 heteroatoms. The summed E-state index contributed by atoms with van der Waals surface area (Å²) < 4.78 is 45.4. The minimum Gasteiger partial charge on any atom is -0.480 e. The van der Waals surface area contributed by atoms with Crippen LogP contribution in [-0.4, -0.2) is 22.2 Å². The summed E-state index contributed by atoms with van der Waals surface area (Å²) in [6.45, 7) is 3.96. The van der Waals surface area contributed by atoms with E-state index >= 15 is 0 Å². The second-order valence-corrected chi connectivity index (χ2v) is 7.05. The smallest absolute Gasteiger partial charge is 0.417 e. The van der Waals surface area contributed by atoms with Gasteiger partial charge in [0.15, 0.2) is 11.9 Å². The number of hydrogen-bond donors (Lipinski definition) is 2. The predicted octanol–water partition coefficient (Wildman–Crippen LogP) is 4.65. The van der Waals surface area contributed by atoms with Gasteiger partial charge >= 0.3 is 6.18 Å². The SMILES string of the molecule is Cc1cc2c(cc1C)OC(C(=O)Nc1cc(-c3ccccc3C(F)(F)F)[nH]n1)C2. The Morgan fingerprint density at radius 2 is 1.90 bits per heavy atom. The van der Waals surface area contributed by atoms with Gasteiger partial charge in [0.05, 0.1) is 11.3 Å². The van der Waals surface area contributed by atoms with Gasteiger partial charge in [0.25, 0.3) is 5.91 Å². The molecule has 2 N–H and O–H groups in total. The van der Waals surface area contributed by atoms with Crippen molar-refractivity contribution in [3.63, 3.8) is 0 Å². The van der Waals surface area contributed by atoms with E-state index in [1.807, 2.05) is 26.0 Å². The number of carbonyl (C=O) groups excluding carboxylic acids is 1. The van der Waals surface area contributed by atoms with Gasteiger partial charge in [-0.15, -0.1) is 0 Å². The van der Waals surface area contributed by atoms with Crippen LogP contribution in [0.25, 0.3) is 11.3 Å². The number of amides is 1. The molecule has 0 saturated carbocycles. The molecular weight excluding hydrogens is 383 g/mol. The molecule has 2 heterocycles. The van der Waals surface area contributed by atoms with E-state index in [1.165, 1.54) is 24.3 Å². The number of halogens is 3. The summed E-state index contributed by atoms with van der Waals surface area (Å²) in [5.74, 6) is 0.405. The van der Waals surface area contributed by atoms with E-state index in [1.54, 1.807) is 0 Å². The highest BCUT2D eigenvalue weighted by molar-refractivity contribution is 5.94. The van der Waals surface area contributed by atoms with Crippen LogP contribution in [0.15, 0.2) is 42.5 Å². The highest BCUT2D eigenvalue weighted by Gasteiger charge is 2.34. The third kappa shape index (κ3) is 3.70. The van der Waals surface area contributed by atoms with Crippen molar-refractivity contribution in [1.29, 1.82) is 0 Å². The highest BCUT2D eigenvalue weighted by Crippen LogP contribution is 2.37. The number of nitrogens with one attached hydrogen (secondary N) is 2. The van der Waals surface area contributed by atoms with Crippen LogP contribution in [0.3, 0.4) is 0 Å². The van der Waals surface area contributed by atoms with Crippen LogP contribution in [0.4, 0.5) is 19.0 Å². The fraction of sp³-hybridized carbons (Fsp3) is 0.238. The lowest BCUT2D eigenvalue weighted by Gasteiger charge is -2.11. The molecule has 3 aromatic rings. The van der Waals surface area contributed by atoms with Crippen molar-refractivity contribution in [3.05, 3.63) is 64.7 Å². The molecule has 150 valence electrons. The molecule has 0 saturated heterocycles. The number of aromatic amines is 1. The van der Waals surface area contributed by atoms with E-state index in [4.69, 9.17) is 4.74 Å². The first kappa shape index (κ1) is 19.0. The first-order valence-electron chi connectivity index (χ1n) is 9.02. The van der Waals surface area contributed by atoms with Gasteiger partial charge in [0.1, 0.15) is 5.75 Å². The van der Waals surface area contributed by atoms with Crippen molar-refractivity contribution in [2.75, 3.05) is 5.32 Å². The third-order valence-corrected chi connectivity index (χ3v) is 5.00. The van der Waals surface area contributed by atoms with Gasteiger partial charge in [-0.25, -0.2) is 0 Å². The summed E-state index contributed by atoms with van der Waals surface area (Å²) >= 11 is 0. The van der Waals surface area contributed by atoms with Crippen LogP contribution in [0, 0.1) is 13.8 Å². The lowest BCUT2D eigenvalue weighted by molar-refractivity contribution is -0.137. The van der Waals surface area contributed by atoms with Crippen LogP contribution in [-0.2, 0) is 17.4 Å². The van der Waals surface area contributed by atoms with Crippen LogP contribution in [0.2, 0.25) is 0 Å². The summed E-state index contributed by atoms with van der Waals surface area (Å²) in [5.41, 5.74) is 2.49. The average molecular weight is 401 g/mol. The molecule has 5 nitrogen and oxygen atoms in total. The first-order chi connectivity index (χ1) is 13.7. The fourth-order valence-electron chi connectivity index (χ4n) is 3.36. The monoisotopic (exact) mass is 401 g/mol. The van der Waals surface area contributed by atoms with E-state index in [-0.39, 0.29) is 17.1 Å². The average Bonchev–Trinajstić information content (AvgIpc) is 3.28. The van der Waals surface area contributed by atoms with Crippen LogP contribution in [0.5, 0.6) is 5.75 Å². The van der Waals surface area contributed by atoms with Crippen LogP contribution < -0.4 is 10.1 Å². The zero-order valence-corrected chi connectivity index (χ0v) is 15.7. The number of anilines is 1. The number of fused-ring (bicyclic) bond motifs is 1. The Balaban J connectivity index is 1.50. The summed E-state index contributed by atoms with van der Waals surface area (Å²) in [4.78, 5) is 12.6. The lowest BCUT2D eigenvalue weighted by Crippen LogP contribution is -2.31. The highest BCUT2D eigenvalue weighted by atomic mass is 19.4. The van der Waals surface area contributed by atoms with Crippen molar-refractivity contribution in [2.45, 2.75) is 32.5 Å². The normalized spacial score (nSPS) is 15.7. The zero-order valence-electron chi connectivity index (χ0n) is 15.7. The van der Waals surface area contributed by atoms with Crippen LogP contribution in [0.1, 0.15) is 22.3 Å². The molecule has 4 rings (SSSR count). The minimum atomic E-state index is -4.50. The number of ether oxygens (including phenoxy) is 1. The minimum absolute atomic E-state index is 0.0385. The van der Waals surface area contributed by atoms with Gasteiger partial charge in [-0.1, -0.05) is 24.3 Å². The molecule has 1 amide bonds. The quantitative estimate of drug-likeness (QED) is 0.671. The molecule has 0 radical (unpaired) electrons. The fourth-order valence-corrected chi connectivity index (χ4v) is 3.36. The number of H-pyrrole nitrogens is 1. The van der Waals surface area contributed by atoms with Gasteiger partial charge < -0.3 is 10.1 Å². The molecular formula is C21H18F3N3O2. The summed E-state index contributed by atoms with van der Waals surface area (Å²) in [6.07, 6.45) is -4.78. The molecule has 2 aromatic carbocycles. The van der Waals surface area contributed by atoms with Crippen LogP contribution >= 0.6 is 0 Å². The van der Waals surface area contributed by atoms with E-state index in [9.17, 15) is 18.0 Å². The second kappa shape index (κ2) is 6.95. The zero-order chi connectivity index (χ0) is 20.8. The predicted molar refractivity (Wildman–Crippen MR) is 102 cm³/mol. The lowest BCUT2D eigenvalue weighted by atomic mass is 10.0. The number of nitrogens with zero attached hydrogens (tertiary/aromatic N) is 1. The van der Waals surface area contributed by atoms with Gasteiger partial charge in [0.2, 0.25) is 0 Å². The maximum Gasteiger partial charge on any atom is 0.417 e. The second-order valence-electron chi connectivity index (χ2n) is 7.05. The number of carbonyl (C=O) groups is 1. The number of alkyl halides is 3. The molecule has 0 bridgehead atoms. The molecule has 1 aliphatic heterocycles. The van der Waals surface area contributed by atoms with Gasteiger partial charge in [-0.2, -0.15) is 18.3 Å². The number of rotatable bonds is 3. The van der Waals surface area contributed by atoms with Crippen molar-refractivity contribution < 1.29 is 22.7 Å². The molecule has 0 spiro atoms. The summed E-state index contributed by atoms with van der Waals surface area (Å²) in [6, 6.07) is 10.5. The van der Waals surface area contributed by atoms with E-state index in [0.717, 1.165) is 22.8 Å². The number of benzene rings is 2. The Kier molecular flexibility index (Phi) is 4.56. The standard InChI is InChI=1S/C21H18F3N3O2/c1-11-7-13-9-18(29-17(13)8-12(11)2)20(28)25-19-10-16(26-27-19)14-5-3-4-6-15(14)21(22,23)24/h3-8,10,18H,9H2,1-2H3,(H2,25,26,27,28). The Labute approximate surface area is 164 Å². The Hall–Kier alpha value is -3.29. The molecule has 1 atom stereocenters. The Bertz CT molecular complexity index is 1060. The van der Waals surface area contributed by atoms with Crippen molar-refractivity contribution in [2.24, 2.45) is 0 Å². The number of hydrogen-bond acceptors (Lipinski definition) is 3. The molecule has 0 fully saturated rings. The van der Waals surface area contributed by atoms with E-state index < -0.39 is 23.8 Å². The molecule has 0 aliphatic carbocycles. The van der Waals surface area contributed by atoms with Gasteiger partial charge in [0, 0.05) is 18.1 Å². The topological polar surface area (TPSA) is 67.0 Å². The first-order valence-corrected chi connectivity index (χ1v) is 9.02. The van der Waals surface area contributed by atoms with Gasteiger partial charge in [-0.3, -0.25) is 9.89 Å². The largest absolute Gasteiger partial charge is 0.480 e. The van der Waals surface area contributed by atoms with Crippen molar-refractivity contribution in [3.8, 4) is 17.0 Å². The van der Waals surface area contributed by atoms with E-state index in [0.29, 0.717) is 12.2 Å². The molecule has 1 unspecified atom stereocenters. The maximum atomic E-state index is 13.2. The Morgan fingerprint density at radius 3 is 2.66 bits per heavy atom. The number of aryl methyl sites for hydroxylation is 2. The van der Waals surface area contributed by atoms with Crippen molar-refractivity contribution in [1.82, 2.24) is 10.2 Å². The Morgan fingerprint density at radius 1 is 1.17 bits per heavy atom. The molecule has 29 heavy (non-hydrogen) atoms. The van der Waals surface area contributed by atoms with Gasteiger partial charge in [-0.05, 0) is 42.7 Å². The van der Waals surface area contributed by atoms with Crippen molar-refractivity contribution >= 4 is 11.7 Å². The summed E-state index contributed by atoms with van der Waals surface area (Å²) in [5, 5.41) is 9.09. The maximum absolute atomic E-state index is 13.2. The third-order valence-electron chi connectivity index (χ3n) is 5.00.